The topological polar surface area (TPSA) is 47.3 Å². The average Bonchev–Trinajstić information content (AvgIpc) is 2.92. The Morgan fingerprint density at radius 1 is 1.14 bits per heavy atom. The van der Waals surface area contributed by atoms with Crippen molar-refractivity contribution in [3.05, 3.63) is 59.9 Å². The molecule has 3 aromatic rings. The molecule has 22 heavy (non-hydrogen) atoms. The highest BCUT2D eigenvalue weighted by Gasteiger charge is 2.09. The van der Waals surface area contributed by atoms with Gasteiger partial charge in [-0.3, -0.25) is 0 Å². The van der Waals surface area contributed by atoms with Gasteiger partial charge in [-0.2, -0.15) is 0 Å². The van der Waals surface area contributed by atoms with Gasteiger partial charge in [0, 0.05) is 0 Å². The maximum absolute atomic E-state index is 10.2. The molecule has 0 amide bonds. The lowest BCUT2D eigenvalue weighted by Gasteiger charge is -2.14. The van der Waals surface area contributed by atoms with E-state index in [0.29, 0.717) is 6.54 Å². The van der Waals surface area contributed by atoms with Crippen LogP contribution in [-0.2, 0) is 6.54 Å². The lowest BCUT2D eigenvalue weighted by atomic mass is 10.1. The molecule has 0 fully saturated rings. The summed E-state index contributed by atoms with van der Waals surface area (Å²) in [5.41, 5.74) is 4.38. The van der Waals surface area contributed by atoms with Gasteiger partial charge >= 0.3 is 0 Å². The maximum Gasteiger partial charge on any atom is 0.119 e. The Morgan fingerprint density at radius 2 is 1.95 bits per heavy atom. The third kappa shape index (κ3) is 3.12. The average molecular weight is 296 g/mol. The van der Waals surface area contributed by atoms with E-state index in [4.69, 9.17) is 4.74 Å². The standard InChI is InChI=1S/C18H20N2O2/c1-13-7-8-16(9-14(13)2)22-11-15(21)10-20-12-19-17-5-3-4-6-18(17)20/h3-9,12,15,21H,10-11H2,1-2H3/t15-/m0/s1. The van der Waals surface area contributed by atoms with Crippen molar-refractivity contribution in [3.63, 3.8) is 0 Å². The molecule has 1 heterocycles. The molecule has 0 saturated heterocycles. The zero-order valence-corrected chi connectivity index (χ0v) is 12.9. The molecule has 114 valence electrons. The molecular formula is C18H20N2O2. The van der Waals surface area contributed by atoms with Crippen LogP contribution in [0.5, 0.6) is 5.75 Å². The molecule has 4 nitrogen and oxygen atoms in total. The minimum Gasteiger partial charge on any atom is -0.491 e. The Morgan fingerprint density at radius 3 is 2.77 bits per heavy atom. The number of ether oxygens (including phenoxy) is 1. The number of hydrogen-bond donors (Lipinski definition) is 1. The summed E-state index contributed by atoms with van der Waals surface area (Å²) in [6.07, 6.45) is 1.17. The molecule has 0 radical (unpaired) electrons. The van der Waals surface area contributed by atoms with Crippen LogP contribution in [0.25, 0.3) is 11.0 Å². The third-order valence-electron chi connectivity index (χ3n) is 3.86. The second-order valence-corrected chi connectivity index (χ2v) is 5.60. The van der Waals surface area contributed by atoms with Gasteiger partial charge in [0.2, 0.25) is 0 Å². The summed E-state index contributed by atoms with van der Waals surface area (Å²) in [7, 11) is 0. The summed E-state index contributed by atoms with van der Waals surface area (Å²) in [4.78, 5) is 4.32. The van der Waals surface area contributed by atoms with Crippen LogP contribution in [0.2, 0.25) is 0 Å². The van der Waals surface area contributed by atoms with Crippen LogP contribution in [0.1, 0.15) is 11.1 Å². The number of imidazole rings is 1. The number of fused-ring (bicyclic) bond motifs is 1. The summed E-state index contributed by atoms with van der Waals surface area (Å²) in [6, 6.07) is 13.8. The Hall–Kier alpha value is -2.33. The summed E-state index contributed by atoms with van der Waals surface area (Å²) < 4.78 is 7.63. The van der Waals surface area contributed by atoms with Gasteiger partial charge in [-0.05, 0) is 49.2 Å². The minimum absolute atomic E-state index is 0.259. The number of aliphatic hydroxyl groups is 1. The molecule has 0 spiro atoms. The Balaban J connectivity index is 1.62. The van der Waals surface area contributed by atoms with Crippen molar-refractivity contribution in [3.8, 4) is 5.75 Å². The van der Waals surface area contributed by atoms with Crippen LogP contribution in [0.15, 0.2) is 48.8 Å². The van der Waals surface area contributed by atoms with Crippen molar-refractivity contribution in [1.29, 1.82) is 0 Å². The van der Waals surface area contributed by atoms with Crippen molar-refractivity contribution in [2.45, 2.75) is 26.5 Å². The quantitative estimate of drug-likeness (QED) is 0.787. The van der Waals surface area contributed by atoms with E-state index in [2.05, 4.69) is 18.8 Å². The van der Waals surface area contributed by atoms with E-state index in [1.165, 1.54) is 11.1 Å². The first-order valence-electron chi connectivity index (χ1n) is 7.41. The van der Waals surface area contributed by atoms with Crippen molar-refractivity contribution >= 4 is 11.0 Å². The highest BCUT2D eigenvalue weighted by atomic mass is 16.5. The molecule has 4 heteroatoms. The van der Waals surface area contributed by atoms with Crippen molar-refractivity contribution in [2.75, 3.05) is 6.61 Å². The number of nitrogens with zero attached hydrogens (tertiary/aromatic N) is 2. The smallest absolute Gasteiger partial charge is 0.119 e. The first-order chi connectivity index (χ1) is 10.6. The monoisotopic (exact) mass is 296 g/mol. The Kier molecular flexibility index (Phi) is 4.11. The van der Waals surface area contributed by atoms with Crippen LogP contribution in [0, 0.1) is 13.8 Å². The molecule has 0 unspecified atom stereocenters. The fraction of sp³-hybridized carbons (Fsp3) is 0.278. The fourth-order valence-electron chi connectivity index (χ4n) is 2.43. The molecule has 0 saturated carbocycles. The highest BCUT2D eigenvalue weighted by Crippen LogP contribution is 2.17. The number of rotatable bonds is 5. The molecule has 0 bridgehead atoms. The van der Waals surface area contributed by atoms with E-state index >= 15 is 0 Å². The van der Waals surface area contributed by atoms with Crippen LogP contribution in [0.3, 0.4) is 0 Å². The van der Waals surface area contributed by atoms with E-state index in [9.17, 15) is 5.11 Å². The predicted molar refractivity (Wildman–Crippen MR) is 87.2 cm³/mol. The first-order valence-corrected chi connectivity index (χ1v) is 7.41. The van der Waals surface area contributed by atoms with Crippen LogP contribution in [0.4, 0.5) is 0 Å². The Labute approximate surface area is 130 Å². The number of aryl methyl sites for hydroxylation is 2. The Bertz CT molecular complexity index is 780. The maximum atomic E-state index is 10.2. The van der Waals surface area contributed by atoms with E-state index in [-0.39, 0.29) is 6.61 Å². The number of hydrogen-bond acceptors (Lipinski definition) is 3. The molecule has 3 rings (SSSR count). The second kappa shape index (κ2) is 6.20. The predicted octanol–water partition coefficient (Wildman–Crippen LogP) is 3.09. The molecule has 1 N–H and O–H groups in total. The molecule has 0 aliphatic carbocycles. The number of aliphatic hydroxyl groups excluding tert-OH is 1. The molecule has 0 aliphatic heterocycles. The van der Waals surface area contributed by atoms with Gasteiger partial charge in [0.15, 0.2) is 0 Å². The fourth-order valence-corrected chi connectivity index (χ4v) is 2.43. The van der Waals surface area contributed by atoms with Gasteiger partial charge in [-0.1, -0.05) is 18.2 Å². The van der Waals surface area contributed by atoms with Gasteiger partial charge in [0.25, 0.3) is 0 Å². The summed E-state index contributed by atoms with van der Waals surface area (Å²) in [6.45, 7) is 4.84. The van der Waals surface area contributed by atoms with Crippen LogP contribution < -0.4 is 4.74 Å². The first kappa shape index (κ1) is 14.6. The van der Waals surface area contributed by atoms with E-state index in [1.807, 2.05) is 47.0 Å². The summed E-state index contributed by atoms with van der Waals surface area (Å²) in [5.74, 6) is 0.789. The van der Waals surface area contributed by atoms with Gasteiger partial charge in [0.1, 0.15) is 18.5 Å². The largest absolute Gasteiger partial charge is 0.491 e. The zero-order valence-electron chi connectivity index (χ0n) is 12.9. The summed E-state index contributed by atoms with van der Waals surface area (Å²) in [5, 5.41) is 10.2. The lowest BCUT2D eigenvalue weighted by Crippen LogP contribution is -2.23. The van der Waals surface area contributed by atoms with Gasteiger partial charge in [0.05, 0.1) is 23.9 Å². The van der Waals surface area contributed by atoms with Crippen LogP contribution in [-0.4, -0.2) is 27.4 Å². The highest BCUT2D eigenvalue weighted by molar-refractivity contribution is 5.74. The zero-order chi connectivity index (χ0) is 15.5. The molecular weight excluding hydrogens is 276 g/mol. The van der Waals surface area contributed by atoms with Crippen LogP contribution >= 0.6 is 0 Å². The molecule has 2 aromatic carbocycles. The lowest BCUT2D eigenvalue weighted by molar-refractivity contribution is 0.0934. The van der Waals surface area contributed by atoms with Gasteiger partial charge in [-0.25, -0.2) is 4.98 Å². The number of para-hydroxylation sites is 2. The minimum atomic E-state index is -0.584. The third-order valence-corrected chi connectivity index (χ3v) is 3.86. The number of aromatic nitrogens is 2. The molecule has 1 aromatic heterocycles. The van der Waals surface area contributed by atoms with E-state index < -0.39 is 6.10 Å². The van der Waals surface area contributed by atoms with E-state index in [0.717, 1.165) is 16.8 Å². The second-order valence-electron chi connectivity index (χ2n) is 5.60. The van der Waals surface area contributed by atoms with Crippen molar-refractivity contribution in [1.82, 2.24) is 9.55 Å². The van der Waals surface area contributed by atoms with Crippen molar-refractivity contribution in [2.24, 2.45) is 0 Å². The normalized spacial score (nSPS) is 12.5. The molecule has 0 aliphatic rings. The number of benzene rings is 2. The SMILES string of the molecule is Cc1ccc(OC[C@@H](O)Cn2cnc3ccccc32)cc1C. The van der Waals surface area contributed by atoms with Gasteiger partial charge < -0.3 is 14.4 Å². The molecule has 1 atom stereocenters. The van der Waals surface area contributed by atoms with E-state index in [1.54, 1.807) is 6.33 Å². The van der Waals surface area contributed by atoms with Gasteiger partial charge in [-0.15, -0.1) is 0 Å². The summed E-state index contributed by atoms with van der Waals surface area (Å²) >= 11 is 0. The van der Waals surface area contributed by atoms with Crippen molar-refractivity contribution < 1.29 is 9.84 Å².